The van der Waals surface area contributed by atoms with Crippen LogP contribution in [0.25, 0.3) is 10.8 Å². The second-order valence-electron chi connectivity index (χ2n) is 3.95. The molecule has 0 aliphatic carbocycles. The third-order valence-electron chi connectivity index (χ3n) is 2.77. The number of fused-ring (bicyclic) bond motifs is 1. The van der Waals surface area contributed by atoms with Gasteiger partial charge >= 0.3 is 5.97 Å². The first-order valence-electron chi connectivity index (χ1n) is 5.68. The molecule has 0 amide bonds. The smallest absolute Gasteiger partial charge is 0.360 e. The van der Waals surface area contributed by atoms with Crippen molar-refractivity contribution in [3.63, 3.8) is 0 Å². The molecule has 0 spiro atoms. The molecule has 0 bridgehead atoms. The Balaban J connectivity index is 1.98. The fourth-order valence-corrected chi connectivity index (χ4v) is 1.90. The van der Waals surface area contributed by atoms with E-state index >= 15 is 0 Å². The molecule has 1 N–H and O–H groups in total. The van der Waals surface area contributed by atoms with Crippen LogP contribution in [0.5, 0.6) is 5.75 Å². The van der Waals surface area contributed by atoms with Gasteiger partial charge < -0.3 is 9.72 Å². The molecule has 0 unspecified atom stereocenters. The number of benzene rings is 2. The molecule has 1 heterocycles. The summed E-state index contributed by atoms with van der Waals surface area (Å²) in [6.45, 7) is 0. The highest BCUT2D eigenvalue weighted by Crippen LogP contribution is 2.25. The summed E-state index contributed by atoms with van der Waals surface area (Å²) in [5, 5.41) is 1.98. The zero-order valence-corrected chi connectivity index (χ0v) is 9.59. The van der Waals surface area contributed by atoms with Crippen LogP contribution in [-0.4, -0.2) is 11.0 Å². The highest BCUT2D eigenvalue weighted by molar-refractivity contribution is 5.94. The molecule has 0 atom stereocenters. The number of esters is 1. The van der Waals surface area contributed by atoms with Gasteiger partial charge in [-0.05, 0) is 23.6 Å². The Morgan fingerprint density at radius 2 is 1.78 bits per heavy atom. The van der Waals surface area contributed by atoms with Crippen molar-refractivity contribution in [2.45, 2.75) is 0 Å². The molecule has 88 valence electrons. The maximum atomic E-state index is 11.9. The Labute approximate surface area is 104 Å². The average molecular weight is 237 g/mol. The SMILES string of the molecule is O=C(Oc1cccc2ccccc12)c1ccc[nH]1. The fourth-order valence-electron chi connectivity index (χ4n) is 1.90. The van der Waals surface area contributed by atoms with Gasteiger partial charge in [0.2, 0.25) is 0 Å². The van der Waals surface area contributed by atoms with Crippen molar-refractivity contribution in [1.82, 2.24) is 4.98 Å². The summed E-state index contributed by atoms with van der Waals surface area (Å²) < 4.78 is 5.40. The number of carbonyl (C=O) groups is 1. The van der Waals surface area contributed by atoms with Crippen LogP contribution in [0.4, 0.5) is 0 Å². The van der Waals surface area contributed by atoms with Gasteiger partial charge in [0.15, 0.2) is 0 Å². The first-order valence-corrected chi connectivity index (χ1v) is 5.68. The highest BCUT2D eigenvalue weighted by atomic mass is 16.5. The van der Waals surface area contributed by atoms with E-state index in [0.717, 1.165) is 10.8 Å². The van der Waals surface area contributed by atoms with E-state index in [-0.39, 0.29) is 5.97 Å². The van der Waals surface area contributed by atoms with Gasteiger partial charge in [0, 0.05) is 11.6 Å². The molecule has 3 nitrogen and oxygen atoms in total. The second-order valence-corrected chi connectivity index (χ2v) is 3.95. The lowest BCUT2D eigenvalue weighted by molar-refractivity contribution is 0.0731. The molecule has 0 aliphatic heterocycles. The standard InChI is InChI=1S/C15H11NO2/c17-15(13-8-4-10-16-13)18-14-9-3-6-11-5-1-2-7-12(11)14/h1-10,16H. The van der Waals surface area contributed by atoms with Gasteiger partial charge in [-0.1, -0.05) is 36.4 Å². The Bertz CT molecular complexity index is 681. The predicted molar refractivity (Wildman–Crippen MR) is 69.7 cm³/mol. The lowest BCUT2D eigenvalue weighted by Crippen LogP contribution is -2.08. The molecular weight excluding hydrogens is 226 g/mol. The first-order chi connectivity index (χ1) is 8.84. The normalized spacial score (nSPS) is 10.4. The minimum absolute atomic E-state index is 0.378. The Kier molecular flexibility index (Phi) is 2.57. The first kappa shape index (κ1) is 10.6. The van der Waals surface area contributed by atoms with Crippen LogP contribution in [-0.2, 0) is 0 Å². The molecule has 3 aromatic rings. The topological polar surface area (TPSA) is 42.1 Å². The number of rotatable bonds is 2. The van der Waals surface area contributed by atoms with Crippen LogP contribution in [0.2, 0.25) is 0 Å². The van der Waals surface area contributed by atoms with E-state index < -0.39 is 0 Å². The number of hydrogen-bond donors (Lipinski definition) is 1. The number of H-pyrrole nitrogens is 1. The van der Waals surface area contributed by atoms with Crippen molar-refractivity contribution in [3.05, 3.63) is 66.5 Å². The van der Waals surface area contributed by atoms with Crippen molar-refractivity contribution < 1.29 is 9.53 Å². The van der Waals surface area contributed by atoms with E-state index in [1.54, 1.807) is 24.4 Å². The van der Waals surface area contributed by atoms with Gasteiger partial charge in [0.25, 0.3) is 0 Å². The molecule has 0 saturated heterocycles. The van der Waals surface area contributed by atoms with Gasteiger partial charge in [-0.3, -0.25) is 0 Å². The molecule has 0 radical (unpaired) electrons. The number of ether oxygens (including phenoxy) is 1. The van der Waals surface area contributed by atoms with E-state index in [4.69, 9.17) is 4.74 Å². The van der Waals surface area contributed by atoms with E-state index in [0.29, 0.717) is 11.4 Å². The minimum atomic E-state index is -0.378. The molecule has 2 aromatic carbocycles. The molecule has 3 heteroatoms. The highest BCUT2D eigenvalue weighted by Gasteiger charge is 2.10. The lowest BCUT2D eigenvalue weighted by Gasteiger charge is -2.06. The van der Waals surface area contributed by atoms with E-state index in [1.807, 2.05) is 36.4 Å². The Hall–Kier alpha value is -2.55. The average Bonchev–Trinajstić information content (AvgIpc) is 2.93. The number of nitrogens with one attached hydrogen (secondary N) is 1. The quantitative estimate of drug-likeness (QED) is 0.548. The maximum absolute atomic E-state index is 11.9. The molecule has 0 fully saturated rings. The molecule has 0 saturated carbocycles. The van der Waals surface area contributed by atoms with Crippen LogP contribution < -0.4 is 4.74 Å². The summed E-state index contributed by atoms with van der Waals surface area (Å²) in [6, 6.07) is 16.9. The largest absolute Gasteiger partial charge is 0.421 e. The van der Waals surface area contributed by atoms with Crippen LogP contribution in [0.3, 0.4) is 0 Å². The van der Waals surface area contributed by atoms with Gasteiger partial charge in [-0.15, -0.1) is 0 Å². The Morgan fingerprint density at radius 1 is 0.944 bits per heavy atom. The third kappa shape index (κ3) is 1.86. The van der Waals surface area contributed by atoms with Gasteiger partial charge in [0.05, 0.1) is 0 Å². The van der Waals surface area contributed by atoms with E-state index in [9.17, 15) is 4.79 Å². The van der Waals surface area contributed by atoms with E-state index in [2.05, 4.69) is 4.98 Å². The van der Waals surface area contributed by atoms with Gasteiger partial charge in [-0.2, -0.15) is 0 Å². The lowest BCUT2D eigenvalue weighted by atomic mass is 10.1. The van der Waals surface area contributed by atoms with Crippen molar-refractivity contribution in [3.8, 4) is 5.75 Å². The minimum Gasteiger partial charge on any atom is -0.421 e. The van der Waals surface area contributed by atoms with Crippen molar-refractivity contribution in [2.24, 2.45) is 0 Å². The van der Waals surface area contributed by atoms with E-state index in [1.165, 1.54) is 0 Å². The van der Waals surface area contributed by atoms with Gasteiger partial charge in [-0.25, -0.2) is 4.79 Å². The molecule has 18 heavy (non-hydrogen) atoms. The van der Waals surface area contributed by atoms with Crippen molar-refractivity contribution in [1.29, 1.82) is 0 Å². The summed E-state index contributed by atoms with van der Waals surface area (Å²) in [7, 11) is 0. The molecule has 1 aromatic heterocycles. The zero-order valence-electron chi connectivity index (χ0n) is 9.59. The number of carbonyl (C=O) groups excluding carboxylic acids is 1. The summed E-state index contributed by atoms with van der Waals surface area (Å²) in [6.07, 6.45) is 1.69. The van der Waals surface area contributed by atoms with Crippen LogP contribution in [0.15, 0.2) is 60.8 Å². The summed E-state index contributed by atoms with van der Waals surface area (Å²) in [5.74, 6) is 0.198. The second kappa shape index (κ2) is 4.37. The van der Waals surface area contributed by atoms with Crippen molar-refractivity contribution >= 4 is 16.7 Å². The molecule has 0 aliphatic rings. The van der Waals surface area contributed by atoms with Crippen LogP contribution >= 0.6 is 0 Å². The fraction of sp³-hybridized carbons (Fsp3) is 0. The molecule has 3 rings (SSSR count). The maximum Gasteiger partial charge on any atom is 0.360 e. The predicted octanol–water partition coefficient (Wildman–Crippen LogP) is 3.39. The van der Waals surface area contributed by atoms with Crippen molar-refractivity contribution in [2.75, 3.05) is 0 Å². The van der Waals surface area contributed by atoms with Gasteiger partial charge in [0.1, 0.15) is 11.4 Å². The number of aromatic nitrogens is 1. The third-order valence-corrected chi connectivity index (χ3v) is 2.77. The number of hydrogen-bond acceptors (Lipinski definition) is 2. The molecular formula is C15H11NO2. The summed E-state index contributed by atoms with van der Waals surface area (Å²) in [4.78, 5) is 14.7. The monoisotopic (exact) mass is 237 g/mol. The van der Waals surface area contributed by atoms with Crippen LogP contribution in [0.1, 0.15) is 10.5 Å². The Morgan fingerprint density at radius 3 is 2.61 bits per heavy atom. The van der Waals surface area contributed by atoms with Crippen LogP contribution in [0, 0.1) is 0 Å². The summed E-state index contributed by atoms with van der Waals surface area (Å²) in [5.41, 5.74) is 0.447. The number of aromatic amines is 1. The zero-order chi connectivity index (χ0) is 12.4. The summed E-state index contributed by atoms with van der Waals surface area (Å²) >= 11 is 0.